The number of nitrogens with one attached hydrogen (secondary N) is 1. The number of rotatable bonds is 5. The summed E-state index contributed by atoms with van der Waals surface area (Å²) in [7, 11) is 0. The average Bonchev–Trinajstić information content (AvgIpc) is 2.83. The van der Waals surface area contributed by atoms with Crippen LogP contribution in [-0.4, -0.2) is 23.1 Å². The molecule has 0 aromatic carbocycles. The molecular formula is C9H19N3O. The second-order valence-electron chi connectivity index (χ2n) is 3.80. The number of nitrogens with two attached hydrogens (primary N) is 1. The Morgan fingerprint density at radius 3 is 3.00 bits per heavy atom. The quantitative estimate of drug-likeness (QED) is 0.258. The molecule has 0 spiro atoms. The molecule has 1 rings (SSSR count). The summed E-state index contributed by atoms with van der Waals surface area (Å²) in [5.74, 6) is 1.07. The van der Waals surface area contributed by atoms with E-state index >= 15 is 0 Å². The molecule has 0 radical (unpaired) electrons. The predicted octanol–water partition coefficient (Wildman–Crippen LogP) is 0.900. The minimum atomic E-state index is -0.0168. The molecule has 0 aromatic heterocycles. The number of hydrogen-bond donors (Lipinski definition) is 3. The summed E-state index contributed by atoms with van der Waals surface area (Å²) < 4.78 is 0. The minimum absolute atomic E-state index is 0.0168. The van der Waals surface area contributed by atoms with Crippen LogP contribution in [0.15, 0.2) is 5.16 Å². The first-order valence-electron chi connectivity index (χ1n) is 4.92. The van der Waals surface area contributed by atoms with Gasteiger partial charge in [0.2, 0.25) is 0 Å². The summed E-state index contributed by atoms with van der Waals surface area (Å²) in [5.41, 5.74) is 5.45. The van der Waals surface area contributed by atoms with Crippen molar-refractivity contribution in [3.8, 4) is 0 Å². The molecular weight excluding hydrogens is 166 g/mol. The monoisotopic (exact) mass is 185 g/mol. The first kappa shape index (κ1) is 10.3. The van der Waals surface area contributed by atoms with Gasteiger partial charge < -0.3 is 16.3 Å². The van der Waals surface area contributed by atoms with E-state index in [-0.39, 0.29) is 11.9 Å². The molecule has 3 atom stereocenters. The van der Waals surface area contributed by atoms with Crippen molar-refractivity contribution in [3.63, 3.8) is 0 Å². The smallest absolute Gasteiger partial charge is 0.156 e. The van der Waals surface area contributed by atoms with Gasteiger partial charge in [-0.2, -0.15) is 0 Å². The Bertz CT molecular complexity index is 193. The number of hydrogen-bond acceptors (Lipinski definition) is 3. The highest BCUT2D eigenvalue weighted by Crippen LogP contribution is 2.34. The molecule has 4 N–H and O–H groups in total. The number of amidine groups is 1. The molecule has 13 heavy (non-hydrogen) atoms. The Labute approximate surface area is 79.2 Å². The molecule has 3 unspecified atom stereocenters. The van der Waals surface area contributed by atoms with Crippen molar-refractivity contribution in [2.75, 3.05) is 0 Å². The van der Waals surface area contributed by atoms with Crippen molar-refractivity contribution < 1.29 is 5.21 Å². The molecule has 0 aromatic rings. The highest BCUT2D eigenvalue weighted by atomic mass is 16.4. The van der Waals surface area contributed by atoms with Crippen LogP contribution in [0.5, 0.6) is 0 Å². The Morgan fingerprint density at radius 1 is 1.77 bits per heavy atom. The molecule has 4 heteroatoms. The highest BCUT2D eigenvalue weighted by molar-refractivity contribution is 5.84. The maximum atomic E-state index is 8.43. The lowest BCUT2D eigenvalue weighted by atomic mass is 10.2. The molecule has 1 aliphatic carbocycles. The standard InChI is InChI=1S/C9H19N3O/c1-3-4-7-5-8(7)11-6(2)9(10)12-13/h6-8,11,13H,3-5H2,1-2H3,(H2,10,12). The van der Waals surface area contributed by atoms with Gasteiger partial charge in [-0.3, -0.25) is 0 Å². The molecule has 0 aliphatic heterocycles. The second-order valence-corrected chi connectivity index (χ2v) is 3.80. The van der Waals surface area contributed by atoms with Gasteiger partial charge in [-0.25, -0.2) is 0 Å². The van der Waals surface area contributed by atoms with Gasteiger partial charge >= 0.3 is 0 Å². The van der Waals surface area contributed by atoms with Gasteiger partial charge in [0.15, 0.2) is 5.84 Å². The molecule has 0 amide bonds. The highest BCUT2D eigenvalue weighted by Gasteiger charge is 2.36. The average molecular weight is 185 g/mol. The zero-order valence-corrected chi connectivity index (χ0v) is 8.33. The Hall–Kier alpha value is -0.770. The van der Waals surface area contributed by atoms with Crippen LogP contribution in [-0.2, 0) is 0 Å². The maximum absolute atomic E-state index is 8.43. The van der Waals surface area contributed by atoms with Crippen LogP contribution in [0.1, 0.15) is 33.1 Å². The third kappa shape index (κ3) is 2.88. The van der Waals surface area contributed by atoms with E-state index < -0.39 is 0 Å². The van der Waals surface area contributed by atoms with Crippen molar-refractivity contribution in [3.05, 3.63) is 0 Å². The van der Waals surface area contributed by atoms with Crippen LogP contribution < -0.4 is 11.1 Å². The van der Waals surface area contributed by atoms with Gasteiger partial charge in [0, 0.05) is 6.04 Å². The fourth-order valence-corrected chi connectivity index (χ4v) is 1.63. The van der Waals surface area contributed by atoms with Crippen LogP contribution in [0.25, 0.3) is 0 Å². The molecule has 76 valence electrons. The predicted molar refractivity (Wildman–Crippen MR) is 52.8 cm³/mol. The van der Waals surface area contributed by atoms with Crippen molar-refractivity contribution in [2.24, 2.45) is 16.8 Å². The fraction of sp³-hybridized carbons (Fsp3) is 0.889. The normalized spacial score (nSPS) is 30.2. The van der Waals surface area contributed by atoms with E-state index in [9.17, 15) is 0 Å². The van der Waals surface area contributed by atoms with Gasteiger partial charge in [0.25, 0.3) is 0 Å². The first-order valence-corrected chi connectivity index (χ1v) is 4.92. The van der Waals surface area contributed by atoms with E-state index in [0.29, 0.717) is 6.04 Å². The third-order valence-corrected chi connectivity index (χ3v) is 2.61. The minimum Gasteiger partial charge on any atom is -0.409 e. The van der Waals surface area contributed by atoms with Crippen LogP contribution in [0, 0.1) is 5.92 Å². The number of nitrogens with zero attached hydrogens (tertiary/aromatic N) is 1. The second kappa shape index (κ2) is 4.46. The van der Waals surface area contributed by atoms with E-state index in [4.69, 9.17) is 10.9 Å². The lowest BCUT2D eigenvalue weighted by Gasteiger charge is -2.11. The summed E-state index contributed by atoms with van der Waals surface area (Å²) in [6.07, 6.45) is 3.75. The zero-order chi connectivity index (χ0) is 9.84. The Kier molecular flexibility index (Phi) is 3.54. The lowest BCUT2D eigenvalue weighted by Crippen LogP contribution is -2.40. The number of oxime groups is 1. The topological polar surface area (TPSA) is 70.6 Å². The van der Waals surface area contributed by atoms with Crippen LogP contribution in [0.3, 0.4) is 0 Å². The van der Waals surface area contributed by atoms with Crippen LogP contribution in [0.2, 0.25) is 0 Å². The molecule has 1 aliphatic rings. The van der Waals surface area contributed by atoms with E-state index in [1.165, 1.54) is 19.3 Å². The third-order valence-electron chi connectivity index (χ3n) is 2.61. The van der Waals surface area contributed by atoms with Gasteiger partial charge in [-0.15, -0.1) is 0 Å². The van der Waals surface area contributed by atoms with Crippen molar-refractivity contribution >= 4 is 5.84 Å². The fourth-order valence-electron chi connectivity index (χ4n) is 1.63. The first-order chi connectivity index (χ1) is 6.19. The summed E-state index contributed by atoms with van der Waals surface area (Å²) in [6.45, 7) is 4.11. The summed E-state index contributed by atoms with van der Waals surface area (Å²) in [5, 5.41) is 14.7. The molecule has 0 heterocycles. The summed E-state index contributed by atoms with van der Waals surface area (Å²) in [4.78, 5) is 0. The summed E-state index contributed by atoms with van der Waals surface area (Å²) in [6, 6.07) is 0.562. The zero-order valence-electron chi connectivity index (χ0n) is 8.33. The lowest BCUT2D eigenvalue weighted by molar-refractivity contribution is 0.315. The summed E-state index contributed by atoms with van der Waals surface area (Å²) >= 11 is 0. The van der Waals surface area contributed by atoms with Crippen molar-refractivity contribution in [2.45, 2.75) is 45.2 Å². The molecule has 4 nitrogen and oxygen atoms in total. The van der Waals surface area contributed by atoms with Crippen molar-refractivity contribution in [1.82, 2.24) is 5.32 Å². The van der Waals surface area contributed by atoms with E-state index in [0.717, 1.165) is 5.92 Å². The SMILES string of the molecule is CCCC1CC1NC(C)C(N)=NO. The van der Waals surface area contributed by atoms with Crippen LogP contribution in [0.4, 0.5) is 0 Å². The van der Waals surface area contributed by atoms with Gasteiger partial charge in [0.1, 0.15) is 0 Å². The molecule has 1 fully saturated rings. The molecule has 0 bridgehead atoms. The van der Waals surface area contributed by atoms with E-state index in [1.807, 2.05) is 6.92 Å². The molecule has 1 saturated carbocycles. The van der Waals surface area contributed by atoms with Gasteiger partial charge in [0.05, 0.1) is 6.04 Å². The molecule has 0 saturated heterocycles. The van der Waals surface area contributed by atoms with Crippen LogP contribution >= 0.6 is 0 Å². The largest absolute Gasteiger partial charge is 0.409 e. The van der Waals surface area contributed by atoms with E-state index in [1.54, 1.807) is 0 Å². The van der Waals surface area contributed by atoms with Gasteiger partial charge in [-0.1, -0.05) is 18.5 Å². The van der Waals surface area contributed by atoms with Crippen molar-refractivity contribution in [1.29, 1.82) is 0 Å². The maximum Gasteiger partial charge on any atom is 0.156 e. The van der Waals surface area contributed by atoms with Gasteiger partial charge in [-0.05, 0) is 25.7 Å². The Balaban J connectivity index is 2.20. The Morgan fingerprint density at radius 2 is 2.46 bits per heavy atom. The van der Waals surface area contributed by atoms with E-state index in [2.05, 4.69) is 17.4 Å².